The zero-order valence-electron chi connectivity index (χ0n) is 20.5. The summed E-state index contributed by atoms with van der Waals surface area (Å²) in [5, 5.41) is 2.81. The normalized spacial score (nSPS) is 11.5. The number of amides is 2. The lowest BCUT2D eigenvalue weighted by atomic mass is 10.2. The number of anilines is 2. The van der Waals surface area contributed by atoms with E-state index in [1.54, 1.807) is 72.4 Å². The van der Waals surface area contributed by atoms with Gasteiger partial charge in [0.15, 0.2) is 12.2 Å². The predicted octanol–water partition coefficient (Wildman–Crippen LogP) is 4.33. The van der Waals surface area contributed by atoms with E-state index in [4.69, 9.17) is 4.42 Å². The minimum atomic E-state index is -3.28. The van der Waals surface area contributed by atoms with E-state index in [1.165, 1.54) is 22.6 Å². The third kappa shape index (κ3) is 5.36. The Morgan fingerprint density at radius 1 is 1.11 bits per heavy atom. The van der Waals surface area contributed by atoms with E-state index in [1.807, 2.05) is 6.07 Å². The average Bonchev–Trinajstić information content (AvgIpc) is 3.66. The number of aryl methyl sites for hydroxylation is 1. The first-order valence-corrected chi connectivity index (χ1v) is 14.4. The van der Waals surface area contributed by atoms with Crippen LogP contribution in [0.4, 0.5) is 11.6 Å². The summed E-state index contributed by atoms with van der Waals surface area (Å²) in [4.78, 5) is 37.2. The van der Waals surface area contributed by atoms with E-state index in [2.05, 4.69) is 15.3 Å². The molecule has 10 nitrogen and oxygen atoms in total. The van der Waals surface area contributed by atoms with Gasteiger partial charge >= 0.3 is 0 Å². The zero-order valence-corrected chi connectivity index (χ0v) is 22.1. The molecule has 12 heteroatoms. The molecule has 0 bridgehead atoms. The molecule has 2 aromatic carbocycles. The summed E-state index contributed by atoms with van der Waals surface area (Å²) in [6.45, 7) is 0.0941. The molecular formula is C26H23N5O5S2. The lowest BCUT2D eigenvalue weighted by Crippen LogP contribution is -2.26. The highest BCUT2D eigenvalue weighted by atomic mass is 32.2. The number of oxazole rings is 1. The molecule has 0 spiro atoms. The highest BCUT2D eigenvalue weighted by Crippen LogP contribution is 2.29. The summed E-state index contributed by atoms with van der Waals surface area (Å²) >= 11 is 1.23. The second-order valence-electron chi connectivity index (χ2n) is 8.60. The van der Waals surface area contributed by atoms with Crippen LogP contribution in [-0.4, -0.2) is 53.8 Å². The Bertz CT molecular complexity index is 1720. The van der Waals surface area contributed by atoms with Gasteiger partial charge in [0.25, 0.3) is 11.8 Å². The zero-order chi connectivity index (χ0) is 26.9. The van der Waals surface area contributed by atoms with E-state index >= 15 is 0 Å². The highest BCUT2D eigenvalue weighted by Gasteiger charge is 2.20. The quantitative estimate of drug-likeness (QED) is 0.305. The third-order valence-corrected chi connectivity index (χ3v) is 7.88. The number of thiophene rings is 1. The third-order valence-electron chi connectivity index (χ3n) is 5.86. The van der Waals surface area contributed by atoms with Crippen molar-refractivity contribution < 1.29 is 22.4 Å². The van der Waals surface area contributed by atoms with Crippen molar-refractivity contribution in [3.63, 3.8) is 0 Å². The van der Waals surface area contributed by atoms with Crippen LogP contribution in [0.3, 0.4) is 0 Å². The van der Waals surface area contributed by atoms with Gasteiger partial charge in [-0.15, -0.1) is 11.3 Å². The molecule has 3 heterocycles. The SMILES string of the molecule is CN(C(=O)c1ccccc1)c1ccc2c(c1)nc(NC(=O)c1ccc(-c3cnco3)s1)n2CCS(C)(=O)=O. The summed E-state index contributed by atoms with van der Waals surface area (Å²) in [7, 11) is -1.61. The highest BCUT2D eigenvalue weighted by molar-refractivity contribution is 7.90. The first-order valence-electron chi connectivity index (χ1n) is 11.5. The predicted molar refractivity (Wildman–Crippen MR) is 146 cm³/mol. The average molecular weight is 550 g/mol. The van der Waals surface area contributed by atoms with Gasteiger partial charge in [-0.1, -0.05) is 18.2 Å². The second kappa shape index (κ2) is 10.2. The van der Waals surface area contributed by atoms with Gasteiger partial charge < -0.3 is 13.9 Å². The maximum absolute atomic E-state index is 13.1. The topological polar surface area (TPSA) is 127 Å². The number of rotatable bonds is 8. The molecular weight excluding hydrogens is 526 g/mol. The number of nitrogens with zero attached hydrogens (tertiary/aromatic N) is 4. The van der Waals surface area contributed by atoms with Crippen molar-refractivity contribution >= 4 is 55.7 Å². The van der Waals surface area contributed by atoms with Crippen LogP contribution >= 0.6 is 11.3 Å². The van der Waals surface area contributed by atoms with Crippen LogP contribution in [0, 0.1) is 0 Å². The van der Waals surface area contributed by atoms with Gasteiger partial charge in [0.1, 0.15) is 9.84 Å². The first-order chi connectivity index (χ1) is 18.2. The van der Waals surface area contributed by atoms with Crippen LogP contribution in [-0.2, 0) is 16.4 Å². The molecule has 194 valence electrons. The molecule has 0 saturated heterocycles. The van der Waals surface area contributed by atoms with Gasteiger partial charge in [0.05, 0.1) is 32.7 Å². The molecule has 0 aliphatic heterocycles. The summed E-state index contributed by atoms with van der Waals surface area (Å²) in [5.41, 5.74) is 2.28. The van der Waals surface area contributed by atoms with Gasteiger partial charge in [-0.05, 0) is 42.5 Å². The van der Waals surface area contributed by atoms with Gasteiger partial charge in [-0.3, -0.25) is 14.9 Å². The number of fused-ring (bicyclic) bond motifs is 1. The number of carbonyl (C=O) groups excluding carboxylic acids is 2. The molecule has 0 aliphatic carbocycles. The summed E-state index contributed by atoms with van der Waals surface area (Å²) in [5.74, 6) is 0.0431. The Morgan fingerprint density at radius 3 is 2.61 bits per heavy atom. The number of nitrogens with one attached hydrogen (secondary N) is 1. The van der Waals surface area contributed by atoms with Crippen LogP contribution < -0.4 is 10.2 Å². The van der Waals surface area contributed by atoms with Crippen molar-refractivity contribution in [3.05, 3.63) is 83.7 Å². The summed E-state index contributed by atoms with van der Waals surface area (Å²) in [6.07, 6.45) is 4.04. The van der Waals surface area contributed by atoms with Crippen molar-refractivity contribution in [1.29, 1.82) is 0 Å². The Balaban J connectivity index is 1.46. The van der Waals surface area contributed by atoms with Crippen molar-refractivity contribution in [2.24, 2.45) is 0 Å². The number of benzene rings is 2. The van der Waals surface area contributed by atoms with Gasteiger partial charge in [-0.25, -0.2) is 18.4 Å². The first kappa shape index (κ1) is 25.4. The molecule has 1 N–H and O–H groups in total. The number of hydrogen-bond donors (Lipinski definition) is 1. The maximum atomic E-state index is 13.1. The molecule has 38 heavy (non-hydrogen) atoms. The molecule has 2 amide bonds. The van der Waals surface area contributed by atoms with E-state index in [0.29, 0.717) is 32.9 Å². The minimum Gasteiger partial charge on any atom is -0.443 e. The minimum absolute atomic E-state index is 0.0941. The smallest absolute Gasteiger partial charge is 0.268 e. The van der Waals surface area contributed by atoms with Crippen LogP contribution in [0.15, 0.2) is 77.7 Å². The van der Waals surface area contributed by atoms with E-state index < -0.39 is 15.7 Å². The largest absolute Gasteiger partial charge is 0.443 e. The fourth-order valence-electron chi connectivity index (χ4n) is 3.89. The van der Waals surface area contributed by atoms with Crippen molar-refractivity contribution in [2.75, 3.05) is 29.3 Å². The maximum Gasteiger partial charge on any atom is 0.268 e. The van der Waals surface area contributed by atoms with Gasteiger partial charge in [0, 0.05) is 31.1 Å². The fraction of sp³-hybridized carbons (Fsp3) is 0.154. The number of carbonyl (C=O) groups is 2. The molecule has 0 aliphatic rings. The van der Waals surface area contributed by atoms with Crippen LogP contribution in [0.1, 0.15) is 20.0 Å². The monoisotopic (exact) mass is 549 g/mol. The lowest BCUT2D eigenvalue weighted by Gasteiger charge is -2.17. The van der Waals surface area contributed by atoms with Crippen LogP contribution in [0.2, 0.25) is 0 Å². The Morgan fingerprint density at radius 2 is 1.89 bits per heavy atom. The van der Waals surface area contributed by atoms with E-state index in [9.17, 15) is 18.0 Å². The van der Waals surface area contributed by atoms with Crippen LogP contribution in [0.25, 0.3) is 21.7 Å². The molecule has 5 aromatic rings. The number of aromatic nitrogens is 3. The van der Waals surface area contributed by atoms with Gasteiger partial charge in [-0.2, -0.15) is 0 Å². The molecule has 5 rings (SSSR count). The van der Waals surface area contributed by atoms with E-state index in [-0.39, 0.29) is 24.2 Å². The summed E-state index contributed by atoms with van der Waals surface area (Å²) < 4.78 is 30.8. The number of sulfone groups is 1. The molecule has 0 radical (unpaired) electrons. The number of hydrogen-bond acceptors (Lipinski definition) is 8. The Hall–Kier alpha value is -4.29. The number of imidazole rings is 1. The van der Waals surface area contributed by atoms with E-state index in [0.717, 1.165) is 11.1 Å². The summed E-state index contributed by atoms with van der Waals surface area (Å²) in [6, 6.07) is 17.6. The fourth-order valence-corrected chi connectivity index (χ4v) is 5.26. The molecule has 3 aromatic heterocycles. The molecule has 0 fully saturated rings. The van der Waals surface area contributed by atoms with Gasteiger partial charge in [0.2, 0.25) is 5.95 Å². The lowest BCUT2D eigenvalue weighted by molar-refractivity contribution is 0.0991. The van der Waals surface area contributed by atoms with Crippen molar-refractivity contribution in [3.8, 4) is 10.6 Å². The van der Waals surface area contributed by atoms with Crippen molar-refractivity contribution in [2.45, 2.75) is 6.54 Å². The standard InChI is InChI=1S/C26H23N5O5S2/c1-30(25(33)17-6-4-3-5-7-17)18-8-9-20-19(14-18)28-26(31(20)12-13-38(2,34)35)29-24(32)23-11-10-22(37-23)21-15-27-16-36-21/h3-11,14-16H,12-13H2,1-2H3,(H,28,29,32). The van der Waals surface area contributed by atoms with Crippen molar-refractivity contribution in [1.82, 2.24) is 14.5 Å². The molecule has 0 atom stereocenters. The Labute approximate surface area is 222 Å². The Kier molecular flexibility index (Phi) is 6.83. The van der Waals surface area contributed by atoms with Crippen LogP contribution in [0.5, 0.6) is 0 Å². The molecule has 0 unspecified atom stereocenters. The molecule has 0 saturated carbocycles. The second-order valence-corrected chi connectivity index (χ2v) is 11.9.